The summed E-state index contributed by atoms with van der Waals surface area (Å²) in [7, 11) is 0. The molecule has 4 heteroatoms. The predicted octanol–water partition coefficient (Wildman–Crippen LogP) is 1.55. The van der Waals surface area contributed by atoms with E-state index in [0.29, 0.717) is 0 Å². The molecule has 1 heterocycles. The molecule has 1 fully saturated rings. The number of amides is 1. The second-order valence-electron chi connectivity index (χ2n) is 7.19. The monoisotopic (exact) mass is 269 g/mol. The number of nitrogens with two attached hydrogens (primary N) is 1. The Bertz CT molecular complexity index is 288. The van der Waals surface area contributed by atoms with Gasteiger partial charge in [0.05, 0.1) is 6.04 Å². The highest BCUT2D eigenvalue weighted by molar-refractivity contribution is 5.82. The quantitative estimate of drug-likeness (QED) is 0.842. The molecule has 1 aliphatic rings. The van der Waals surface area contributed by atoms with Crippen LogP contribution in [0.4, 0.5) is 0 Å². The van der Waals surface area contributed by atoms with Gasteiger partial charge in [0.1, 0.15) is 0 Å². The van der Waals surface area contributed by atoms with E-state index in [1.807, 2.05) is 25.7 Å². The summed E-state index contributed by atoms with van der Waals surface area (Å²) in [5.74, 6) is 0.852. The van der Waals surface area contributed by atoms with Crippen molar-refractivity contribution in [1.82, 2.24) is 9.80 Å². The third kappa shape index (κ3) is 5.11. The van der Waals surface area contributed by atoms with Crippen LogP contribution >= 0.6 is 0 Å². The lowest BCUT2D eigenvalue weighted by molar-refractivity contribution is -0.136. The number of hydrogen-bond acceptors (Lipinski definition) is 3. The van der Waals surface area contributed by atoms with E-state index in [0.717, 1.165) is 38.6 Å². The summed E-state index contributed by atoms with van der Waals surface area (Å²) in [6, 6.07) is -0.394. The molecule has 2 N–H and O–H groups in total. The maximum absolute atomic E-state index is 12.3. The molecule has 112 valence electrons. The van der Waals surface area contributed by atoms with Crippen molar-refractivity contribution in [2.45, 2.75) is 47.1 Å². The Balaban J connectivity index is 2.39. The van der Waals surface area contributed by atoms with E-state index < -0.39 is 6.04 Å². The van der Waals surface area contributed by atoms with Gasteiger partial charge in [0.2, 0.25) is 5.91 Å². The Kier molecular flexibility index (Phi) is 5.81. The topological polar surface area (TPSA) is 49.6 Å². The lowest BCUT2D eigenvalue weighted by atomic mass is 9.86. The van der Waals surface area contributed by atoms with Gasteiger partial charge in [-0.2, -0.15) is 0 Å². The first-order chi connectivity index (χ1) is 8.71. The normalized spacial score (nSPS) is 19.8. The average molecular weight is 269 g/mol. The SMILES string of the molecule is CC(C)CCN1CCN(C(=O)[C@@H](N)C(C)(C)C)CC1. The zero-order valence-electron chi connectivity index (χ0n) is 13.3. The summed E-state index contributed by atoms with van der Waals surface area (Å²) in [4.78, 5) is 16.7. The summed E-state index contributed by atoms with van der Waals surface area (Å²) < 4.78 is 0. The summed E-state index contributed by atoms with van der Waals surface area (Å²) in [6.45, 7) is 15.3. The molecule has 0 aliphatic carbocycles. The Morgan fingerprint density at radius 3 is 2.11 bits per heavy atom. The molecule has 1 atom stereocenters. The molecule has 1 rings (SSSR count). The van der Waals surface area contributed by atoms with E-state index in [1.54, 1.807) is 0 Å². The Hall–Kier alpha value is -0.610. The van der Waals surface area contributed by atoms with Crippen LogP contribution in [-0.4, -0.2) is 54.5 Å². The van der Waals surface area contributed by atoms with Gasteiger partial charge in [-0.3, -0.25) is 9.69 Å². The van der Waals surface area contributed by atoms with Crippen LogP contribution in [-0.2, 0) is 4.79 Å². The number of hydrogen-bond donors (Lipinski definition) is 1. The smallest absolute Gasteiger partial charge is 0.240 e. The Morgan fingerprint density at radius 2 is 1.68 bits per heavy atom. The van der Waals surface area contributed by atoms with Crippen molar-refractivity contribution in [3.63, 3.8) is 0 Å². The molecule has 0 aromatic carbocycles. The fourth-order valence-corrected chi connectivity index (χ4v) is 2.20. The lowest BCUT2D eigenvalue weighted by Crippen LogP contribution is -2.56. The van der Waals surface area contributed by atoms with E-state index in [9.17, 15) is 4.79 Å². The molecule has 0 aromatic rings. The van der Waals surface area contributed by atoms with Gasteiger partial charge in [-0.15, -0.1) is 0 Å². The Labute approximate surface area is 118 Å². The molecule has 19 heavy (non-hydrogen) atoms. The second kappa shape index (κ2) is 6.71. The molecule has 0 bridgehead atoms. The number of nitrogens with zero attached hydrogens (tertiary/aromatic N) is 2. The number of piperazine rings is 1. The highest BCUT2D eigenvalue weighted by Gasteiger charge is 2.32. The van der Waals surface area contributed by atoms with E-state index in [1.165, 1.54) is 6.42 Å². The van der Waals surface area contributed by atoms with Crippen molar-refractivity contribution >= 4 is 5.91 Å². The number of carbonyl (C=O) groups excluding carboxylic acids is 1. The van der Waals surface area contributed by atoms with Crippen LogP contribution in [0.3, 0.4) is 0 Å². The van der Waals surface area contributed by atoms with Crippen LogP contribution in [0.25, 0.3) is 0 Å². The molecule has 1 aliphatic heterocycles. The molecule has 0 aromatic heterocycles. The second-order valence-corrected chi connectivity index (χ2v) is 7.19. The first-order valence-corrected chi connectivity index (χ1v) is 7.48. The fourth-order valence-electron chi connectivity index (χ4n) is 2.20. The van der Waals surface area contributed by atoms with Crippen LogP contribution in [0, 0.1) is 11.3 Å². The summed E-state index contributed by atoms with van der Waals surface area (Å²) in [5.41, 5.74) is 5.89. The maximum Gasteiger partial charge on any atom is 0.240 e. The van der Waals surface area contributed by atoms with Crippen LogP contribution in [0.15, 0.2) is 0 Å². The van der Waals surface area contributed by atoms with Crippen molar-refractivity contribution in [2.24, 2.45) is 17.1 Å². The zero-order chi connectivity index (χ0) is 14.6. The van der Waals surface area contributed by atoms with Gasteiger partial charge in [-0.1, -0.05) is 34.6 Å². The largest absolute Gasteiger partial charge is 0.339 e. The van der Waals surface area contributed by atoms with Gasteiger partial charge in [0, 0.05) is 26.2 Å². The minimum absolute atomic E-state index is 0.107. The molecule has 0 radical (unpaired) electrons. The van der Waals surface area contributed by atoms with Gasteiger partial charge >= 0.3 is 0 Å². The van der Waals surface area contributed by atoms with Crippen molar-refractivity contribution in [1.29, 1.82) is 0 Å². The summed E-state index contributed by atoms with van der Waals surface area (Å²) in [5, 5.41) is 0. The van der Waals surface area contributed by atoms with Crippen LogP contribution in [0.5, 0.6) is 0 Å². The fraction of sp³-hybridized carbons (Fsp3) is 0.933. The van der Waals surface area contributed by atoms with E-state index in [2.05, 4.69) is 18.7 Å². The highest BCUT2D eigenvalue weighted by Crippen LogP contribution is 2.19. The summed E-state index contributed by atoms with van der Waals surface area (Å²) >= 11 is 0. The van der Waals surface area contributed by atoms with Gasteiger partial charge in [0.25, 0.3) is 0 Å². The van der Waals surface area contributed by atoms with Crippen LogP contribution in [0.1, 0.15) is 41.0 Å². The highest BCUT2D eigenvalue weighted by atomic mass is 16.2. The van der Waals surface area contributed by atoms with Crippen molar-refractivity contribution in [3.8, 4) is 0 Å². The van der Waals surface area contributed by atoms with E-state index in [4.69, 9.17) is 5.73 Å². The van der Waals surface area contributed by atoms with Gasteiger partial charge in [-0.05, 0) is 24.3 Å². The maximum atomic E-state index is 12.3. The van der Waals surface area contributed by atoms with Gasteiger partial charge < -0.3 is 10.6 Å². The molecule has 1 saturated heterocycles. The first kappa shape index (κ1) is 16.4. The molecule has 0 saturated carbocycles. The number of carbonyl (C=O) groups is 1. The molecule has 4 nitrogen and oxygen atoms in total. The van der Waals surface area contributed by atoms with Gasteiger partial charge in [0.15, 0.2) is 0 Å². The Morgan fingerprint density at radius 1 is 1.16 bits per heavy atom. The number of rotatable bonds is 4. The van der Waals surface area contributed by atoms with Crippen molar-refractivity contribution in [3.05, 3.63) is 0 Å². The van der Waals surface area contributed by atoms with Crippen LogP contribution < -0.4 is 5.73 Å². The minimum atomic E-state index is -0.394. The van der Waals surface area contributed by atoms with Crippen LogP contribution in [0.2, 0.25) is 0 Å². The minimum Gasteiger partial charge on any atom is -0.339 e. The molecular formula is C15H31N3O. The molecule has 1 amide bonds. The predicted molar refractivity (Wildman–Crippen MR) is 79.9 cm³/mol. The molecule has 0 spiro atoms. The first-order valence-electron chi connectivity index (χ1n) is 7.48. The zero-order valence-corrected chi connectivity index (χ0v) is 13.3. The third-order valence-corrected chi connectivity index (χ3v) is 3.91. The molecular weight excluding hydrogens is 238 g/mol. The lowest BCUT2D eigenvalue weighted by Gasteiger charge is -2.38. The average Bonchev–Trinajstić information content (AvgIpc) is 2.34. The third-order valence-electron chi connectivity index (χ3n) is 3.91. The van der Waals surface area contributed by atoms with Crippen molar-refractivity contribution < 1.29 is 4.79 Å². The van der Waals surface area contributed by atoms with E-state index >= 15 is 0 Å². The summed E-state index contributed by atoms with van der Waals surface area (Å²) in [6.07, 6.45) is 1.23. The van der Waals surface area contributed by atoms with E-state index in [-0.39, 0.29) is 11.3 Å². The van der Waals surface area contributed by atoms with Gasteiger partial charge in [-0.25, -0.2) is 0 Å². The molecule has 0 unspecified atom stereocenters. The van der Waals surface area contributed by atoms with Crippen molar-refractivity contribution in [2.75, 3.05) is 32.7 Å². The standard InChI is InChI=1S/C15H31N3O/c1-12(2)6-7-17-8-10-18(11-9-17)14(19)13(16)15(3,4)5/h12-13H,6-11,16H2,1-5H3/t13-/m1/s1.